The summed E-state index contributed by atoms with van der Waals surface area (Å²) < 4.78 is 5.32. The van der Waals surface area contributed by atoms with E-state index in [4.69, 9.17) is 4.74 Å². The van der Waals surface area contributed by atoms with Crippen LogP contribution in [0.5, 0.6) is 5.75 Å². The average molecular weight is 468 g/mol. The molecular weight excluding hydrogens is 426 g/mol. The summed E-state index contributed by atoms with van der Waals surface area (Å²) in [6, 6.07) is 8.37. The summed E-state index contributed by atoms with van der Waals surface area (Å²) in [5.41, 5.74) is 1.07. The molecule has 4 aliphatic carbocycles. The van der Waals surface area contributed by atoms with Crippen LogP contribution < -0.4 is 15.4 Å². The second kappa shape index (κ2) is 10.3. The fourth-order valence-electron chi connectivity index (χ4n) is 7.68. The van der Waals surface area contributed by atoms with Gasteiger partial charge >= 0.3 is 0 Å². The predicted molar refractivity (Wildman–Crippen MR) is 132 cm³/mol. The number of nitrogens with zero attached hydrogens (tertiary/aromatic N) is 1. The molecule has 6 heteroatoms. The van der Waals surface area contributed by atoms with Crippen LogP contribution in [0.15, 0.2) is 24.3 Å². The van der Waals surface area contributed by atoms with E-state index in [0.29, 0.717) is 19.5 Å². The SMILES string of the molecule is COc1ccc([C@@H](CNC(=O)CCNC(=O)C23CC4CC(CC(C4)C2)C3)N2CCCCC2)cc1. The monoisotopic (exact) mass is 467 g/mol. The van der Waals surface area contributed by atoms with Crippen LogP contribution in [0.3, 0.4) is 0 Å². The Morgan fingerprint density at radius 1 is 0.971 bits per heavy atom. The molecule has 5 fully saturated rings. The molecule has 1 saturated heterocycles. The topological polar surface area (TPSA) is 70.7 Å². The number of carbonyl (C=O) groups excluding carboxylic acids is 2. The molecule has 2 amide bonds. The molecule has 4 bridgehead atoms. The molecule has 1 aromatic carbocycles. The Morgan fingerprint density at radius 2 is 1.59 bits per heavy atom. The number of amides is 2. The van der Waals surface area contributed by atoms with Gasteiger partial charge in [-0.15, -0.1) is 0 Å². The molecule has 0 unspecified atom stereocenters. The highest BCUT2D eigenvalue weighted by Crippen LogP contribution is 2.60. The van der Waals surface area contributed by atoms with Crippen LogP contribution in [0.1, 0.15) is 75.8 Å². The third kappa shape index (κ3) is 5.12. The lowest BCUT2D eigenvalue weighted by atomic mass is 9.49. The third-order valence-corrected chi connectivity index (χ3v) is 8.98. The molecule has 1 aromatic rings. The van der Waals surface area contributed by atoms with Gasteiger partial charge in [-0.3, -0.25) is 14.5 Å². The minimum absolute atomic E-state index is 0.0151. The summed E-state index contributed by atoms with van der Waals surface area (Å²) in [5, 5.41) is 6.29. The van der Waals surface area contributed by atoms with E-state index >= 15 is 0 Å². The number of hydrogen-bond donors (Lipinski definition) is 2. The highest BCUT2D eigenvalue weighted by molar-refractivity contribution is 5.84. The molecule has 1 heterocycles. The van der Waals surface area contributed by atoms with Crippen LogP contribution in [-0.4, -0.2) is 50.0 Å². The van der Waals surface area contributed by atoms with E-state index < -0.39 is 0 Å². The van der Waals surface area contributed by atoms with Gasteiger partial charge in [0, 0.05) is 24.9 Å². The van der Waals surface area contributed by atoms with Crippen LogP contribution in [-0.2, 0) is 9.59 Å². The Kier molecular flexibility index (Phi) is 7.14. The number of hydrogen-bond acceptors (Lipinski definition) is 4. The van der Waals surface area contributed by atoms with Crippen molar-refractivity contribution >= 4 is 11.8 Å². The van der Waals surface area contributed by atoms with E-state index in [1.807, 2.05) is 12.1 Å². The zero-order valence-electron chi connectivity index (χ0n) is 20.7. The van der Waals surface area contributed by atoms with Crippen LogP contribution in [0.25, 0.3) is 0 Å². The van der Waals surface area contributed by atoms with E-state index in [9.17, 15) is 9.59 Å². The van der Waals surface area contributed by atoms with Crippen molar-refractivity contribution in [2.24, 2.45) is 23.2 Å². The molecule has 2 N–H and O–H groups in total. The maximum Gasteiger partial charge on any atom is 0.226 e. The van der Waals surface area contributed by atoms with Gasteiger partial charge in [0.25, 0.3) is 0 Å². The Bertz CT molecular complexity index is 827. The van der Waals surface area contributed by atoms with Gasteiger partial charge in [0.15, 0.2) is 0 Å². The summed E-state index contributed by atoms with van der Waals surface area (Å²) in [7, 11) is 1.68. The Hall–Kier alpha value is -2.08. The van der Waals surface area contributed by atoms with Crippen molar-refractivity contribution in [3.8, 4) is 5.75 Å². The maximum absolute atomic E-state index is 13.1. The van der Waals surface area contributed by atoms with E-state index in [-0.39, 0.29) is 23.3 Å². The molecule has 6 rings (SSSR count). The largest absolute Gasteiger partial charge is 0.497 e. The lowest BCUT2D eigenvalue weighted by Crippen LogP contribution is -2.53. The predicted octanol–water partition coefficient (Wildman–Crippen LogP) is 4.06. The number of ether oxygens (including phenoxy) is 1. The zero-order valence-corrected chi connectivity index (χ0v) is 20.7. The molecule has 4 saturated carbocycles. The minimum Gasteiger partial charge on any atom is -0.497 e. The number of likely N-dealkylation sites (tertiary alicyclic amines) is 1. The molecular formula is C28H41N3O3. The number of piperidine rings is 1. The van der Waals surface area contributed by atoms with Crippen molar-refractivity contribution in [3.63, 3.8) is 0 Å². The molecule has 0 spiro atoms. The zero-order chi connectivity index (χ0) is 23.5. The van der Waals surface area contributed by atoms with E-state index in [0.717, 1.165) is 55.9 Å². The Labute approximate surface area is 204 Å². The quantitative estimate of drug-likeness (QED) is 0.575. The van der Waals surface area contributed by atoms with E-state index in [2.05, 4.69) is 27.7 Å². The van der Waals surface area contributed by atoms with Crippen LogP contribution >= 0.6 is 0 Å². The normalized spacial score (nSPS) is 31.1. The van der Waals surface area contributed by atoms with Gasteiger partial charge in [0.1, 0.15) is 5.75 Å². The molecule has 0 radical (unpaired) electrons. The first-order valence-corrected chi connectivity index (χ1v) is 13.5. The van der Waals surface area contributed by atoms with Crippen molar-refractivity contribution in [2.75, 3.05) is 33.3 Å². The third-order valence-electron chi connectivity index (χ3n) is 8.98. The molecule has 186 valence electrons. The van der Waals surface area contributed by atoms with Gasteiger partial charge in [0.2, 0.25) is 11.8 Å². The smallest absolute Gasteiger partial charge is 0.226 e. The van der Waals surface area contributed by atoms with Gasteiger partial charge in [0.05, 0.1) is 13.2 Å². The number of methoxy groups -OCH3 is 1. The Morgan fingerprint density at radius 3 is 2.18 bits per heavy atom. The Balaban J connectivity index is 1.11. The molecule has 1 atom stereocenters. The minimum atomic E-state index is -0.140. The highest BCUT2D eigenvalue weighted by Gasteiger charge is 2.54. The first kappa shape index (κ1) is 23.7. The maximum atomic E-state index is 13.1. The second-order valence-corrected chi connectivity index (χ2v) is 11.4. The van der Waals surface area contributed by atoms with Crippen LogP contribution in [0.2, 0.25) is 0 Å². The number of nitrogens with one attached hydrogen (secondary N) is 2. The van der Waals surface area contributed by atoms with Crippen molar-refractivity contribution < 1.29 is 14.3 Å². The van der Waals surface area contributed by atoms with E-state index in [1.165, 1.54) is 44.1 Å². The van der Waals surface area contributed by atoms with Crippen molar-refractivity contribution in [3.05, 3.63) is 29.8 Å². The molecule has 6 nitrogen and oxygen atoms in total. The lowest BCUT2D eigenvalue weighted by Gasteiger charge is -2.55. The molecule has 5 aliphatic rings. The van der Waals surface area contributed by atoms with Crippen LogP contribution in [0.4, 0.5) is 0 Å². The first-order chi connectivity index (χ1) is 16.5. The summed E-state index contributed by atoms with van der Waals surface area (Å²) in [5.74, 6) is 3.34. The van der Waals surface area contributed by atoms with Gasteiger partial charge < -0.3 is 15.4 Å². The fraction of sp³-hybridized carbons (Fsp3) is 0.714. The molecule has 0 aromatic heterocycles. The first-order valence-electron chi connectivity index (χ1n) is 13.5. The van der Waals surface area contributed by atoms with Gasteiger partial charge in [-0.25, -0.2) is 0 Å². The summed E-state index contributed by atoms with van der Waals surface area (Å²) in [4.78, 5) is 28.3. The number of carbonyl (C=O) groups is 2. The van der Waals surface area contributed by atoms with Gasteiger partial charge in [-0.2, -0.15) is 0 Å². The highest BCUT2D eigenvalue weighted by atomic mass is 16.5. The average Bonchev–Trinajstić information content (AvgIpc) is 2.84. The summed E-state index contributed by atoms with van der Waals surface area (Å²) >= 11 is 0. The van der Waals surface area contributed by atoms with Crippen molar-refractivity contribution in [1.29, 1.82) is 0 Å². The van der Waals surface area contributed by atoms with Crippen molar-refractivity contribution in [2.45, 2.75) is 70.3 Å². The van der Waals surface area contributed by atoms with E-state index in [1.54, 1.807) is 7.11 Å². The molecule has 1 aliphatic heterocycles. The summed E-state index contributed by atoms with van der Waals surface area (Å²) in [6.45, 7) is 3.15. The number of rotatable bonds is 9. The van der Waals surface area contributed by atoms with Gasteiger partial charge in [-0.05, 0) is 99.9 Å². The van der Waals surface area contributed by atoms with Gasteiger partial charge in [-0.1, -0.05) is 18.6 Å². The lowest BCUT2D eigenvalue weighted by molar-refractivity contribution is -0.146. The van der Waals surface area contributed by atoms with Crippen LogP contribution in [0, 0.1) is 23.2 Å². The van der Waals surface area contributed by atoms with Crippen molar-refractivity contribution in [1.82, 2.24) is 15.5 Å². The summed E-state index contributed by atoms with van der Waals surface area (Å²) in [6.07, 6.45) is 11.2. The number of benzene rings is 1. The molecule has 34 heavy (non-hydrogen) atoms. The fourth-order valence-corrected chi connectivity index (χ4v) is 7.68. The second-order valence-electron chi connectivity index (χ2n) is 11.4. The standard InChI is InChI=1S/C28H41N3O3/c1-34-24-7-5-23(6-8-24)25(31-11-3-2-4-12-31)19-30-26(32)9-10-29-27(33)28-16-20-13-21(17-28)15-22(14-20)18-28/h5-8,20-22,25H,2-4,9-19H2,1H3,(H,29,33)(H,30,32)/t20?,21?,22?,25-,28?/m1/s1.